The number of hydrogen-bond donors (Lipinski definition) is 1. The van der Waals surface area contributed by atoms with Gasteiger partial charge in [0.2, 0.25) is 0 Å². The topological polar surface area (TPSA) is 38.7 Å². The molecule has 1 aliphatic heterocycles. The number of aliphatic hydroxyl groups excluding tert-OH is 1. The van der Waals surface area contributed by atoms with Crippen molar-refractivity contribution in [2.24, 2.45) is 0 Å². The summed E-state index contributed by atoms with van der Waals surface area (Å²) in [6, 6.07) is 13.7. The van der Waals surface area contributed by atoms with Crippen LogP contribution in [-0.4, -0.2) is 18.3 Å². The molecule has 4 heteroatoms. The van der Waals surface area contributed by atoms with E-state index in [0.29, 0.717) is 19.0 Å². The molecule has 1 unspecified atom stereocenters. The molecule has 106 valence electrons. The summed E-state index contributed by atoms with van der Waals surface area (Å²) in [5.41, 5.74) is 1.75. The van der Waals surface area contributed by atoms with Gasteiger partial charge >= 0.3 is 0 Å². The maximum absolute atomic E-state index is 10.7. The average molecular weight is 298 g/mol. The second-order valence-electron chi connectivity index (χ2n) is 4.99. The Labute approximate surface area is 126 Å². The fourth-order valence-electron chi connectivity index (χ4n) is 2.64. The molecule has 0 spiro atoms. The predicted octanol–water partition coefficient (Wildman–Crippen LogP) is 3.75. The van der Waals surface area contributed by atoms with Crippen molar-refractivity contribution in [2.75, 3.05) is 13.2 Å². The zero-order valence-corrected chi connectivity index (χ0v) is 12.1. The van der Waals surface area contributed by atoms with E-state index in [1.165, 1.54) is 0 Å². The first-order chi connectivity index (χ1) is 10.3. The van der Waals surface area contributed by atoms with E-state index >= 15 is 0 Å². The molecule has 0 aliphatic carbocycles. The van der Waals surface area contributed by atoms with Crippen molar-refractivity contribution < 1.29 is 14.6 Å². The SMILES string of the molecule is OC(c1ccc2c(c1)OCCO2)c1cccc2ccsc12. The lowest BCUT2D eigenvalue weighted by Gasteiger charge is -2.20. The molecule has 1 atom stereocenters. The third-order valence-corrected chi connectivity index (χ3v) is 4.67. The molecule has 0 saturated heterocycles. The van der Waals surface area contributed by atoms with Crippen LogP contribution in [-0.2, 0) is 0 Å². The van der Waals surface area contributed by atoms with Gasteiger partial charge in [-0.05, 0) is 34.5 Å². The van der Waals surface area contributed by atoms with Crippen LogP contribution in [0.1, 0.15) is 17.2 Å². The summed E-state index contributed by atoms with van der Waals surface area (Å²) >= 11 is 1.65. The summed E-state index contributed by atoms with van der Waals surface area (Å²) in [6.07, 6.45) is -0.664. The van der Waals surface area contributed by atoms with E-state index in [9.17, 15) is 5.11 Å². The van der Waals surface area contributed by atoms with Crippen LogP contribution in [0.15, 0.2) is 47.8 Å². The number of benzene rings is 2. The molecule has 0 bridgehead atoms. The van der Waals surface area contributed by atoms with Gasteiger partial charge in [0.15, 0.2) is 11.5 Å². The summed E-state index contributed by atoms with van der Waals surface area (Å²) in [6.45, 7) is 1.12. The molecule has 0 amide bonds. The van der Waals surface area contributed by atoms with Crippen molar-refractivity contribution in [3.63, 3.8) is 0 Å². The Hall–Kier alpha value is -2.04. The highest BCUT2D eigenvalue weighted by Gasteiger charge is 2.18. The van der Waals surface area contributed by atoms with Crippen molar-refractivity contribution in [1.29, 1.82) is 0 Å². The van der Waals surface area contributed by atoms with Gasteiger partial charge in [0, 0.05) is 10.3 Å². The number of thiophene rings is 1. The highest BCUT2D eigenvalue weighted by Crippen LogP contribution is 2.37. The van der Waals surface area contributed by atoms with Crippen LogP contribution in [0.4, 0.5) is 0 Å². The minimum absolute atomic E-state index is 0.549. The Morgan fingerprint density at radius 3 is 2.76 bits per heavy atom. The van der Waals surface area contributed by atoms with Crippen LogP contribution in [0.2, 0.25) is 0 Å². The molecule has 0 saturated carbocycles. The lowest BCUT2D eigenvalue weighted by molar-refractivity contribution is 0.169. The maximum Gasteiger partial charge on any atom is 0.161 e. The third kappa shape index (κ3) is 2.17. The van der Waals surface area contributed by atoms with Crippen molar-refractivity contribution in [3.8, 4) is 11.5 Å². The highest BCUT2D eigenvalue weighted by atomic mass is 32.1. The van der Waals surface area contributed by atoms with Gasteiger partial charge < -0.3 is 14.6 Å². The average Bonchev–Trinajstić information content (AvgIpc) is 3.02. The summed E-state index contributed by atoms with van der Waals surface area (Å²) in [5.74, 6) is 1.45. The zero-order chi connectivity index (χ0) is 14.2. The quantitative estimate of drug-likeness (QED) is 0.783. The van der Waals surface area contributed by atoms with Gasteiger partial charge in [0.05, 0.1) is 0 Å². The highest BCUT2D eigenvalue weighted by molar-refractivity contribution is 7.17. The molecular formula is C17H14O3S. The van der Waals surface area contributed by atoms with Gasteiger partial charge in [-0.15, -0.1) is 11.3 Å². The number of aliphatic hydroxyl groups is 1. The molecular weight excluding hydrogens is 284 g/mol. The predicted molar refractivity (Wildman–Crippen MR) is 83.3 cm³/mol. The lowest BCUT2D eigenvalue weighted by Crippen LogP contribution is -2.15. The molecule has 1 aliphatic rings. The molecule has 4 rings (SSSR count). The van der Waals surface area contributed by atoms with Crippen LogP contribution in [0.3, 0.4) is 0 Å². The monoisotopic (exact) mass is 298 g/mol. The van der Waals surface area contributed by atoms with Gasteiger partial charge in [0.25, 0.3) is 0 Å². The number of fused-ring (bicyclic) bond motifs is 2. The second-order valence-corrected chi connectivity index (χ2v) is 5.91. The fraction of sp³-hybridized carbons (Fsp3) is 0.176. The Balaban J connectivity index is 1.77. The molecule has 2 heterocycles. The summed E-state index contributed by atoms with van der Waals surface area (Å²) in [4.78, 5) is 0. The van der Waals surface area contributed by atoms with E-state index in [2.05, 4.69) is 12.1 Å². The Morgan fingerprint density at radius 1 is 1.00 bits per heavy atom. The standard InChI is InChI=1S/C17H14O3S/c18-16(13-3-1-2-11-6-9-21-17(11)13)12-4-5-14-15(10-12)20-8-7-19-14/h1-6,9-10,16,18H,7-8H2. The van der Waals surface area contributed by atoms with Crippen molar-refractivity contribution >= 4 is 21.4 Å². The molecule has 3 aromatic rings. The van der Waals surface area contributed by atoms with E-state index in [-0.39, 0.29) is 0 Å². The molecule has 1 aromatic heterocycles. The van der Waals surface area contributed by atoms with Crippen molar-refractivity contribution in [1.82, 2.24) is 0 Å². The minimum Gasteiger partial charge on any atom is -0.486 e. The van der Waals surface area contributed by atoms with Crippen LogP contribution >= 0.6 is 11.3 Å². The van der Waals surface area contributed by atoms with Crippen LogP contribution in [0, 0.1) is 0 Å². The van der Waals surface area contributed by atoms with Crippen LogP contribution in [0.5, 0.6) is 11.5 Å². The number of hydrogen-bond acceptors (Lipinski definition) is 4. The first-order valence-electron chi connectivity index (χ1n) is 6.87. The number of ether oxygens (including phenoxy) is 2. The smallest absolute Gasteiger partial charge is 0.161 e. The Kier molecular flexibility index (Phi) is 3.05. The molecule has 21 heavy (non-hydrogen) atoms. The second kappa shape index (κ2) is 5.06. The van der Waals surface area contributed by atoms with E-state index in [1.807, 2.05) is 35.7 Å². The number of rotatable bonds is 2. The van der Waals surface area contributed by atoms with Crippen LogP contribution in [0.25, 0.3) is 10.1 Å². The first kappa shape index (κ1) is 12.7. The van der Waals surface area contributed by atoms with E-state index in [4.69, 9.17) is 9.47 Å². The maximum atomic E-state index is 10.7. The largest absolute Gasteiger partial charge is 0.486 e. The molecule has 2 aromatic carbocycles. The molecule has 0 fully saturated rings. The zero-order valence-electron chi connectivity index (χ0n) is 11.3. The summed E-state index contributed by atoms with van der Waals surface area (Å²) in [5, 5.41) is 13.9. The Morgan fingerprint density at radius 2 is 1.86 bits per heavy atom. The summed E-state index contributed by atoms with van der Waals surface area (Å²) < 4.78 is 12.2. The normalized spacial score (nSPS) is 15.1. The van der Waals surface area contributed by atoms with Crippen molar-refractivity contribution in [3.05, 3.63) is 59.0 Å². The van der Waals surface area contributed by atoms with Gasteiger partial charge in [-0.25, -0.2) is 0 Å². The third-order valence-electron chi connectivity index (χ3n) is 3.69. The fourth-order valence-corrected chi connectivity index (χ4v) is 3.58. The van der Waals surface area contributed by atoms with Gasteiger partial charge in [0.1, 0.15) is 19.3 Å². The van der Waals surface area contributed by atoms with Crippen molar-refractivity contribution in [2.45, 2.75) is 6.10 Å². The summed E-state index contributed by atoms with van der Waals surface area (Å²) in [7, 11) is 0. The first-order valence-corrected chi connectivity index (χ1v) is 7.74. The van der Waals surface area contributed by atoms with Gasteiger partial charge in [-0.3, -0.25) is 0 Å². The van der Waals surface area contributed by atoms with E-state index in [1.54, 1.807) is 11.3 Å². The molecule has 0 radical (unpaired) electrons. The Bertz CT molecular complexity index is 794. The van der Waals surface area contributed by atoms with Gasteiger partial charge in [-0.1, -0.05) is 24.3 Å². The van der Waals surface area contributed by atoms with E-state index in [0.717, 1.165) is 27.0 Å². The molecule has 1 N–H and O–H groups in total. The minimum atomic E-state index is -0.664. The van der Waals surface area contributed by atoms with Gasteiger partial charge in [-0.2, -0.15) is 0 Å². The van der Waals surface area contributed by atoms with E-state index < -0.39 is 6.10 Å². The lowest BCUT2D eigenvalue weighted by atomic mass is 10.00. The van der Waals surface area contributed by atoms with Crippen LogP contribution < -0.4 is 9.47 Å². The molecule has 3 nitrogen and oxygen atoms in total.